The van der Waals surface area contributed by atoms with Crippen LogP contribution in [0.2, 0.25) is 0 Å². The molecule has 0 atom stereocenters. The van der Waals surface area contributed by atoms with Crippen LogP contribution >= 0.6 is 45.2 Å². The molecule has 0 saturated heterocycles. The van der Waals surface area contributed by atoms with Crippen molar-refractivity contribution in [3.8, 4) is 0 Å². The molecule has 0 aromatic rings. The maximum absolute atomic E-state index is 11.8. The predicted octanol–water partition coefficient (Wildman–Crippen LogP) is 2.19. The maximum Gasteiger partial charge on any atom is 0.118 e. The van der Waals surface area contributed by atoms with Gasteiger partial charge in [-0.1, -0.05) is 45.2 Å². The summed E-state index contributed by atoms with van der Waals surface area (Å²) in [6.07, 6.45) is -0.591. The molecule has 0 aliphatic carbocycles. The predicted molar refractivity (Wildman–Crippen MR) is 42.7 cm³/mol. The van der Waals surface area contributed by atoms with Crippen molar-refractivity contribution >= 4 is 45.2 Å². The highest BCUT2D eigenvalue weighted by atomic mass is 127. The second kappa shape index (κ2) is 4.55. The smallest absolute Gasteiger partial charge is 0.118 e. The summed E-state index contributed by atoms with van der Waals surface area (Å²) in [5.74, 6) is 0. The molecule has 0 radical (unpaired) electrons. The molecule has 0 N–H and O–H groups in total. The Hall–Kier alpha value is 1.39. The summed E-state index contributed by atoms with van der Waals surface area (Å²) in [5.41, 5.74) is 0. The molecule has 0 heterocycles. The third-order valence-corrected chi connectivity index (χ3v) is 2.25. The van der Waals surface area contributed by atoms with E-state index in [1.807, 2.05) is 45.2 Å². The largest absolute Gasteiger partial charge is 0.246 e. The van der Waals surface area contributed by atoms with Gasteiger partial charge in [-0.15, -0.1) is 0 Å². The van der Waals surface area contributed by atoms with Crippen molar-refractivity contribution in [2.45, 2.75) is 6.17 Å². The molecule has 0 spiro atoms. The van der Waals surface area contributed by atoms with Crippen molar-refractivity contribution in [3.05, 3.63) is 0 Å². The highest BCUT2D eigenvalue weighted by Gasteiger charge is 1.96. The van der Waals surface area contributed by atoms with Gasteiger partial charge in [-0.2, -0.15) is 0 Å². The highest BCUT2D eigenvalue weighted by molar-refractivity contribution is 14.1. The first-order valence-electron chi connectivity index (χ1n) is 1.57. The van der Waals surface area contributed by atoms with Gasteiger partial charge < -0.3 is 0 Å². The van der Waals surface area contributed by atoms with E-state index in [-0.39, 0.29) is 0 Å². The molecule has 0 saturated carbocycles. The Labute approximate surface area is 64.2 Å². The molecule has 0 aromatic heterocycles. The van der Waals surface area contributed by atoms with Gasteiger partial charge in [0.05, 0.1) is 0 Å². The van der Waals surface area contributed by atoms with E-state index < -0.39 is 6.17 Å². The fourth-order valence-corrected chi connectivity index (χ4v) is 1.86. The van der Waals surface area contributed by atoms with E-state index in [1.165, 1.54) is 0 Å². The fraction of sp³-hybridized carbons (Fsp3) is 1.00. The van der Waals surface area contributed by atoms with Crippen LogP contribution in [0.15, 0.2) is 0 Å². The minimum absolute atomic E-state index is 0.591. The summed E-state index contributed by atoms with van der Waals surface area (Å²) in [6.45, 7) is 0. The number of hydrogen-bond acceptors (Lipinski definition) is 0. The zero-order chi connectivity index (χ0) is 4.99. The molecule has 0 fully saturated rings. The topological polar surface area (TPSA) is 0 Å². The standard InChI is InChI=1S/C3H5FI2/c4-3(1-5)2-6/h3H,1-2H2. The minimum atomic E-state index is -0.591. The van der Waals surface area contributed by atoms with Crippen molar-refractivity contribution in [1.29, 1.82) is 0 Å². The minimum Gasteiger partial charge on any atom is -0.246 e. The lowest BCUT2D eigenvalue weighted by Gasteiger charge is -1.91. The van der Waals surface area contributed by atoms with Crippen LogP contribution in [0.25, 0.3) is 0 Å². The van der Waals surface area contributed by atoms with Crippen molar-refractivity contribution in [1.82, 2.24) is 0 Å². The molecule has 0 aliphatic heterocycles. The van der Waals surface area contributed by atoms with Crippen LogP contribution in [-0.4, -0.2) is 15.0 Å². The molecule has 0 amide bonds. The van der Waals surface area contributed by atoms with Gasteiger partial charge in [0.2, 0.25) is 0 Å². The van der Waals surface area contributed by atoms with E-state index in [9.17, 15) is 4.39 Å². The summed E-state index contributed by atoms with van der Waals surface area (Å²) in [5, 5.41) is 0. The summed E-state index contributed by atoms with van der Waals surface area (Å²) in [7, 11) is 0. The molecule has 38 valence electrons. The molecule has 3 heteroatoms. The molecular formula is C3H5FI2. The second-order valence-electron chi connectivity index (χ2n) is 0.906. The third-order valence-electron chi connectivity index (χ3n) is 0.335. The average Bonchev–Trinajstić information content (AvgIpc) is 1.65. The van der Waals surface area contributed by atoms with Gasteiger partial charge in [-0.25, -0.2) is 4.39 Å². The summed E-state index contributed by atoms with van der Waals surface area (Å²) >= 11 is 4.07. The molecule has 0 unspecified atom stereocenters. The van der Waals surface area contributed by atoms with Crippen molar-refractivity contribution in [2.24, 2.45) is 0 Å². The Balaban J connectivity index is 2.75. The van der Waals surface area contributed by atoms with Crippen LogP contribution in [0.1, 0.15) is 0 Å². The SMILES string of the molecule is FC(CI)CI. The maximum atomic E-state index is 11.8. The Morgan fingerprint density at radius 1 is 1.33 bits per heavy atom. The zero-order valence-electron chi connectivity index (χ0n) is 3.13. The van der Waals surface area contributed by atoms with Gasteiger partial charge in [-0.3, -0.25) is 0 Å². The zero-order valence-corrected chi connectivity index (χ0v) is 7.44. The first kappa shape index (κ1) is 7.39. The van der Waals surface area contributed by atoms with E-state index in [2.05, 4.69) is 0 Å². The molecule has 0 bridgehead atoms. The van der Waals surface area contributed by atoms with E-state index in [4.69, 9.17) is 0 Å². The number of hydrogen-bond donors (Lipinski definition) is 0. The van der Waals surface area contributed by atoms with E-state index >= 15 is 0 Å². The number of alkyl halides is 3. The van der Waals surface area contributed by atoms with Gasteiger partial charge in [-0.05, 0) is 0 Å². The van der Waals surface area contributed by atoms with Crippen LogP contribution in [0, 0.1) is 0 Å². The van der Waals surface area contributed by atoms with Crippen molar-refractivity contribution < 1.29 is 4.39 Å². The first-order valence-corrected chi connectivity index (χ1v) is 4.62. The van der Waals surface area contributed by atoms with Gasteiger partial charge in [0.15, 0.2) is 0 Å². The lowest BCUT2D eigenvalue weighted by molar-refractivity contribution is 0.413. The molecular weight excluding hydrogens is 309 g/mol. The number of halogens is 3. The Morgan fingerprint density at radius 2 is 1.67 bits per heavy atom. The summed E-state index contributed by atoms with van der Waals surface area (Å²) < 4.78 is 13.1. The van der Waals surface area contributed by atoms with Crippen molar-refractivity contribution in [2.75, 3.05) is 8.86 Å². The van der Waals surface area contributed by atoms with E-state index in [0.717, 1.165) is 0 Å². The van der Waals surface area contributed by atoms with E-state index in [1.54, 1.807) is 0 Å². The first-order chi connectivity index (χ1) is 2.81. The molecule has 0 aliphatic rings. The molecule has 0 nitrogen and oxygen atoms in total. The summed E-state index contributed by atoms with van der Waals surface area (Å²) in [4.78, 5) is 0. The Morgan fingerprint density at radius 3 is 1.67 bits per heavy atom. The molecule has 0 aromatic carbocycles. The van der Waals surface area contributed by atoms with E-state index in [0.29, 0.717) is 8.86 Å². The lowest BCUT2D eigenvalue weighted by atomic mass is 10.5. The number of rotatable bonds is 2. The van der Waals surface area contributed by atoms with Gasteiger partial charge in [0.25, 0.3) is 0 Å². The van der Waals surface area contributed by atoms with Crippen LogP contribution in [0.5, 0.6) is 0 Å². The Bertz CT molecular complexity index is 28.0. The monoisotopic (exact) mass is 314 g/mol. The summed E-state index contributed by atoms with van der Waals surface area (Å²) in [6, 6.07) is 0. The fourth-order valence-electron chi connectivity index (χ4n) is 0.0412. The van der Waals surface area contributed by atoms with Crippen LogP contribution in [0.3, 0.4) is 0 Å². The van der Waals surface area contributed by atoms with Crippen LogP contribution < -0.4 is 0 Å². The second-order valence-corrected chi connectivity index (χ2v) is 2.67. The highest BCUT2D eigenvalue weighted by Crippen LogP contribution is 1.99. The van der Waals surface area contributed by atoms with Gasteiger partial charge >= 0.3 is 0 Å². The van der Waals surface area contributed by atoms with Gasteiger partial charge in [0, 0.05) is 8.86 Å². The molecule has 0 rings (SSSR count). The Kier molecular flexibility index (Phi) is 5.60. The average molecular weight is 314 g/mol. The normalized spacial score (nSPS) is 10.0. The quantitative estimate of drug-likeness (QED) is 0.541. The lowest BCUT2D eigenvalue weighted by Crippen LogP contribution is -2.00. The van der Waals surface area contributed by atoms with Crippen molar-refractivity contribution in [3.63, 3.8) is 0 Å². The van der Waals surface area contributed by atoms with Crippen LogP contribution in [-0.2, 0) is 0 Å². The molecule has 6 heavy (non-hydrogen) atoms. The van der Waals surface area contributed by atoms with Crippen LogP contribution in [0.4, 0.5) is 4.39 Å². The third kappa shape index (κ3) is 3.58. The van der Waals surface area contributed by atoms with Gasteiger partial charge in [0.1, 0.15) is 6.17 Å².